The molecule has 1 aliphatic rings. The Morgan fingerprint density at radius 1 is 1.35 bits per heavy atom. The Balaban J connectivity index is 1.81. The number of anilines is 1. The topological polar surface area (TPSA) is 65.5 Å². The lowest BCUT2D eigenvalue weighted by atomic mass is 9.89. The highest BCUT2D eigenvalue weighted by Gasteiger charge is 2.40. The van der Waals surface area contributed by atoms with E-state index in [1.807, 2.05) is 31.2 Å². The highest BCUT2D eigenvalue weighted by molar-refractivity contribution is 5.95. The molecule has 1 aromatic heterocycles. The minimum atomic E-state index is -0.972. The first kappa shape index (κ1) is 15.5. The maximum Gasteiger partial charge on any atom is 0.254 e. The molecule has 5 nitrogen and oxygen atoms in total. The number of hydrogen-bond acceptors (Lipinski definition) is 4. The van der Waals surface area contributed by atoms with Gasteiger partial charge in [0.1, 0.15) is 11.4 Å². The summed E-state index contributed by atoms with van der Waals surface area (Å²) in [6, 6.07) is 11.2. The standard InChI is InChI=1S/C18H21N3O2/c1-13-5-3-4-6-15(13)18(23)8-10-21(12-18)17(22)14-7-9-20-16(11-14)19-2/h3-7,9,11,23H,8,10,12H2,1-2H3,(H,19,20)/t18-/m1/s1. The zero-order chi connectivity index (χ0) is 16.4. The Labute approximate surface area is 136 Å². The Kier molecular flexibility index (Phi) is 4.05. The lowest BCUT2D eigenvalue weighted by Gasteiger charge is -2.25. The van der Waals surface area contributed by atoms with Gasteiger partial charge in [-0.2, -0.15) is 0 Å². The molecular weight excluding hydrogens is 290 g/mol. The van der Waals surface area contributed by atoms with Crippen LogP contribution in [0.4, 0.5) is 5.82 Å². The highest BCUT2D eigenvalue weighted by Crippen LogP contribution is 2.34. The number of nitrogens with zero attached hydrogens (tertiary/aromatic N) is 2. The number of nitrogens with one attached hydrogen (secondary N) is 1. The summed E-state index contributed by atoms with van der Waals surface area (Å²) in [5.74, 6) is 0.581. The molecule has 0 aliphatic carbocycles. The number of carbonyl (C=O) groups excluding carboxylic acids is 1. The quantitative estimate of drug-likeness (QED) is 0.912. The molecule has 0 saturated carbocycles. The minimum absolute atomic E-state index is 0.0755. The molecule has 0 bridgehead atoms. The molecule has 1 atom stereocenters. The van der Waals surface area contributed by atoms with Crippen molar-refractivity contribution in [2.24, 2.45) is 0 Å². The van der Waals surface area contributed by atoms with E-state index in [1.54, 1.807) is 30.3 Å². The van der Waals surface area contributed by atoms with Crippen LogP contribution < -0.4 is 5.32 Å². The second-order valence-electron chi connectivity index (χ2n) is 6.00. The fraction of sp³-hybridized carbons (Fsp3) is 0.333. The van der Waals surface area contributed by atoms with Gasteiger partial charge in [-0.25, -0.2) is 4.98 Å². The monoisotopic (exact) mass is 311 g/mol. The van der Waals surface area contributed by atoms with E-state index in [1.165, 1.54) is 0 Å². The summed E-state index contributed by atoms with van der Waals surface area (Å²) in [5, 5.41) is 13.9. The van der Waals surface area contributed by atoms with Crippen LogP contribution in [-0.4, -0.2) is 41.0 Å². The molecule has 23 heavy (non-hydrogen) atoms. The number of hydrogen-bond donors (Lipinski definition) is 2. The normalized spacial score (nSPS) is 20.6. The second kappa shape index (κ2) is 6.01. The van der Waals surface area contributed by atoms with Gasteiger partial charge in [-0.05, 0) is 36.6 Å². The van der Waals surface area contributed by atoms with Gasteiger partial charge in [-0.1, -0.05) is 24.3 Å². The van der Waals surface area contributed by atoms with Crippen LogP contribution in [0.25, 0.3) is 0 Å². The van der Waals surface area contributed by atoms with Crippen LogP contribution in [-0.2, 0) is 5.60 Å². The molecule has 0 radical (unpaired) electrons. The summed E-state index contributed by atoms with van der Waals surface area (Å²) in [5.41, 5.74) is 1.56. The molecule has 0 spiro atoms. The average molecular weight is 311 g/mol. The molecule has 1 fully saturated rings. The van der Waals surface area contributed by atoms with Gasteiger partial charge >= 0.3 is 0 Å². The number of pyridine rings is 1. The number of rotatable bonds is 3. The third-order valence-corrected chi connectivity index (χ3v) is 4.44. The van der Waals surface area contributed by atoms with Crippen LogP contribution in [0.1, 0.15) is 27.9 Å². The molecule has 5 heteroatoms. The first-order chi connectivity index (χ1) is 11.0. The maximum absolute atomic E-state index is 12.7. The van der Waals surface area contributed by atoms with Gasteiger partial charge in [0.05, 0.1) is 6.54 Å². The third-order valence-electron chi connectivity index (χ3n) is 4.44. The van der Waals surface area contributed by atoms with Crippen molar-refractivity contribution in [3.63, 3.8) is 0 Å². The molecule has 2 aromatic rings. The van der Waals surface area contributed by atoms with Crippen LogP contribution >= 0.6 is 0 Å². The Morgan fingerprint density at radius 3 is 2.87 bits per heavy atom. The van der Waals surface area contributed by atoms with Crippen molar-refractivity contribution in [1.82, 2.24) is 9.88 Å². The molecule has 0 unspecified atom stereocenters. The number of aliphatic hydroxyl groups is 1. The zero-order valence-corrected chi connectivity index (χ0v) is 13.4. The smallest absolute Gasteiger partial charge is 0.254 e. The van der Waals surface area contributed by atoms with E-state index >= 15 is 0 Å². The largest absolute Gasteiger partial charge is 0.383 e. The maximum atomic E-state index is 12.7. The SMILES string of the molecule is CNc1cc(C(=O)N2CC[C@](O)(c3ccccc3C)C2)ccn1. The first-order valence-corrected chi connectivity index (χ1v) is 7.75. The molecule has 1 aliphatic heterocycles. The van der Waals surface area contributed by atoms with E-state index in [0.717, 1.165) is 11.1 Å². The zero-order valence-electron chi connectivity index (χ0n) is 13.4. The average Bonchev–Trinajstić information content (AvgIpc) is 2.98. The number of β-amino-alcohol motifs (C(OH)–C–C–N with tert-alkyl or cyclic N) is 1. The van der Waals surface area contributed by atoms with Crippen LogP contribution in [0.3, 0.4) is 0 Å². The Hall–Kier alpha value is -2.40. The predicted octanol–water partition coefficient (Wildman–Crippen LogP) is 2.17. The summed E-state index contributed by atoms with van der Waals surface area (Å²) in [6.07, 6.45) is 2.16. The molecule has 2 heterocycles. The van der Waals surface area contributed by atoms with Crippen LogP contribution in [0.15, 0.2) is 42.6 Å². The summed E-state index contributed by atoms with van der Waals surface area (Å²) in [6.45, 7) is 2.84. The second-order valence-corrected chi connectivity index (χ2v) is 6.00. The number of carbonyl (C=O) groups is 1. The third kappa shape index (κ3) is 2.92. The van der Waals surface area contributed by atoms with Gasteiger partial charge in [-0.15, -0.1) is 0 Å². The van der Waals surface area contributed by atoms with Gasteiger partial charge in [0, 0.05) is 25.4 Å². The minimum Gasteiger partial charge on any atom is -0.383 e. The van der Waals surface area contributed by atoms with Crippen molar-refractivity contribution in [2.75, 3.05) is 25.5 Å². The van der Waals surface area contributed by atoms with E-state index in [2.05, 4.69) is 10.3 Å². The van der Waals surface area contributed by atoms with E-state index < -0.39 is 5.60 Å². The molecule has 1 saturated heterocycles. The van der Waals surface area contributed by atoms with Crippen molar-refractivity contribution in [3.05, 3.63) is 59.3 Å². The summed E-state index contributed by atoms with van der Waals surface area (Å²) in [7, 11) is 1.77. The van der Waals surface area contributed by atoms with Crippen molar-refractivity contribution in [3.8, 4) is 0 Å². The first-order valence-electron chi connectivity index (χ1n) is 7.75. The summed E-state index contributed by atoms with van der Waals surface area (Å²) >= 11 is 0. The Bertz CT molecular complexity index is 732. The van der Waals surface area contributed by atoms with Crippen molar-refractivity contribution in [1.29, 1.82) is 0 Å². The number of amides is 1. The number of aromatic nitrogens is 1. The lowest BCUT2D eigenvalue weighted by Crippen LogP contribution is -2.34. The van der Waals surface area contributed by atoms with E-state index in [4.69, 9.17) is 0 Å². The van der Waals surface area contributed by atoms with Gasteiger partial charge in [0.25, 0.3) is 5.91 Å². The fourth-order valence-corrected chi connectivity index (χ4v) is 3.16. The molecule has 120 valence electrons. The summed E-state index contributed by atoms with van der Waals surface area (Å²) < 4.78 is 0. The number of aryl methyl sites for hydroxylation is 1. The molecular formula is C18H21N3O2. The molecule has 3 rings (SSSR count). The van der Waals surface area contributed by atoms with Crippen molar-refractivity contribution >= 4 is 11.7 Å². The number of benzene rings is 1. The van der Waals surface area contributed by atoms with E-state index in [0.29, 0.717) is 30.9 Å². The van der Waals surface area contributed by atoms with Gasteiger partial charge in [0.15, 0.2) is 0 Å². The molecule has 1 amide bonds. The fourth-order valence-electron chi connectivity index (χ4n) is 3.16. The van der Waals surface area contributed by atoms with Gasteiger partial charge in [0.2, 0.25) is 0 Å². The van der Waals surface area contributed by atoms with Gasteiger partial charge < -0.3 is 15.3 Å². The molecule has 1 aromatic carbocycles. The van der Waals surface area contributed by atoms with Crippen molar-refractivity contribution in [2.45, 2.75) is 18.9 Å². The van der Waals surface area contributed by atoms with Crippen LogP contribution in [0, 0.1) is 6.92 Å². The predicted molar refractivity (Wildman–Crippen MR) is 89.4 cm³/mol. The summed E-state index contributed by atoms with van der Waals surface area (Å²) in [4.78, 5) is 18.5. The lowest BCUT2D eigenvalue weighted by molar-refractivity contribution is 0.0412. The van der Waals surface area contributed by atoms with E-state index in [9.17, 15) is 9.90 Å². The van der Waals surface area contributed by atoms with Crippen molar-refractivity contribution < 1.29 is 9.90 Å². The highest BCUT2D eigenvalue weighted by atomic mass is 16.3. The van der Waals surface area contributed by atoms with Gasteiger partial charge in [-0.3, -0.25) is 4.79 Å². The van der Waals surface area contributed by atoms with E-state index in [-0.39, 0.29) is 5.91 Å². The Morgan fingerprint density at radius 2 is 2.13 bits per heavy atom. The van der Waals surface area contributed by atoms with Crippen LogP contribution in [0.2, 0.25) is 0 Å². The molecule has 2 N–H and O–H groups in total. The number of likely N-dealkylation sites (tertiary alicyclic amines) is 1. The van der Waals surface area contributed by atoms with Crippen LogP contribution in [0.5, 0.6) is 0 Å².